The summed E-state index contributed by atoms with van der Waals surface area (Å²) in [5.74, 6) is 0.985. The lowest BCUT2D eigenvalue weighted by molar-refractivity contribution is 0.213. The SMILES string of the molecule is CCC1CN(c2nc(C)cc(C)c2C(=N)N)CCN1C. The Kier molecular flexibility index (Phi) is 4.28. The molecule has 0 bridgehead atoms. The zero-order valence-electron chi connectivity index (χ0n) is 12.9. The number of hydrogen-bond acceptors (Lipinski definition) is 4. The first-order valence-corrected chi connectivity index (χ1v) is 7.21. The molecule has 20 heavy (non-hydrogen) atoms. The molecule has 1 saturated heterocycles. The lowest BCUT2D eigenvalue weighted by atomic mass is 10.1. The summed E-state index contributed by atoms with van der Waals surface area (Å²) in [6.45, 7) is 9.11. The molecule has 0 aliphatic carbocycles. The van der Waals surface area contributed by atoms with E-state index in [0.29, 0.717) is 6.04 Å². The van der Waals surface area contributed by atoms with Crippen LogP contribution < -0.4 is 10.6 Å². The number of rotatable bonds is 3. The molecule has 0 amide bonds. The molecule has 2 rings (SSSR count). The Balaban J connectivity index is 2.39. The number of piperazine rings is 1. The summed E-state index contributed by atoms with van der Waals surface area (Å²) in [4.78, 5) is 9.34. The van der Waals surface area contributed by atoms with E-state index in [9.17, 15) is 0 Å². The van der Waals surface area contributed by atoms with E-state index in [4.69, 9.17) is 11.1 Å². The van der Waals surface area contributed by atoms with E-state index in [0.717, 1.165) is 48.7 Å². The maximum atomic E-state index is 7.84. The predicted octanol–water partition coefficient (Wildman–Crippen LogP) is 1.51. The van der Waals surface area contributed by atoms with Crippen molar-refractivity contribution in [3.8, 4) is 0 Å². The number of aryl methyl sites for hydroxylation is 2. The van der Waals surface area contributed by atoms with Crippen molar-refractivity contribution in [2.75, 3.05) is 31.6 Å². The fourth-order valence-corrected chi connectivity index (χ4v) is 2.96. The van der Waals surface area contributed by atoms with Crippen molar-refractivity contribution < 1.29 is 0 Å². The zero-order valence-corrected chi connectivity index (χ0v) is 12.9. The standard InChI is InChI=1S/C15H25N5/c1-5-12-9-20(7-6-19(12)4)15-13(14(16)17)10(2)8-11(3)18-15/h8,12H,5-7,9H2,1-4H3,(H3,16,17). The van der Waals surface area contributed by atoms with E-state index in [2.05, 4.69) is 28.8 Å². The number of amidine groups is 1. The zero-order chi connectivity index (χ0) is 14.9. The largest absolute Gasteiger partial charge is 0.384 e. The minimum Gasteiger partial charge on any atom is -0.384 e. The molecule has 3 N–H and O–H groups in total. The molecule has 1 fully saturated rings. The first kappa shape index (κ1) is 14.8. The Morgan fingerprint density at radius 2 is 2.15 bits per heavy atom. The van der Waals surface area contributed by atoms with E-state index in [-0.39, 0.29) is 5.84 Å². The third-order valence-corrected chi connectivity index (χ3v) is 4.14. The third kappa shape index (κ3) is 2.77. The average molecular weight is 275 g/mol. The van der Waals surface area contributed by atoms with Gasteiger partial charge in [-0.15, -0.1) is 0 Å². The van der Waals surface area contributed by atoms with Gasteiger partial charge in [0.2, 0.25) is 0 Å². The second kappa shape index (κ2) is 5.79. The van der Waals surface area contributed by atoms with Crippen LogP contribution in [0.2, 0.25) is 0 Å². The molecular formula is C15H25N5. The minimum atomic E-state index is 0.108. The van der Waals surface area contributed by atoms with Crippen LogP contribution in [0, 0.1) is 19.3 Å². The molecule has 1 unspecified atom stereocenters. The maximum absolute atomic E-state index is 7.84. The van der Waals surface area contributed by atoms with Crippen molar-refractivity contribution in [2.24, 2.45) is 5.73 Å². The molecule has 0 radical (unpaired) electrons. The van der Waals surface area contributed by atoms with Crippen LogP contribution >= 0.6 is 0 Å². The van der Waals surface area contributed by atoms with Gasteiger partial charge in [0, 0.05) is 31.4 Å². The lowest BCUT2D eigenvalue weighted by Crippen LogP contribution is -2.52. The molecule has 2 heterocycles. The monoisotopic (exact) mass is 275 g/mol. The smallest absolute Gasteiger partial charge is 0.140 e. The van der Waals surface area contributed by atoms with Crippen molar-refractivity contribution in [3.63, 3.8) is 0 Å². The Labute approximate surface area is 121 Å². The highest BCUT2D eigenvalue weighted by Gasteiger charge is 2.26. The molecule has 5 nitrogen and oxygen atoms in total. The van der Waals surface area contributed by atoms with Crippen LogP contribution in [-0.4, -0.2) is 48.4 Å². The quantitative estimate of drug-likeness (QED) is 0.648. The first-order chi connectivity index (χ1) is 9.43. The van der Waals surface area contributed by atoms with Gasteiger partial charge in [0.05, 0.1) is 5.56 Å². The highest BCUT2D eigenvalue weighted by Crippen LogP contribution is 2.25. The van der Waals surface area contributed by atoms with E-state index in [1.807, 2.05) is 19.9 Å². The number of likely N-dealkylation sites (N-methyl/N-ethyl adjacent to an activating group) is 1. The summed E-state index contributed by atoms with van der Waals surface area (Å²) in [6.07, 6.45) is 1.12. The number of nitrogens with two attached hydrogens (primary N) is 1. The molecule has 1 aromatic rings. The molecule has 0 spiro atoms. The predicted molar refractivity (Wildman–Crippen MR) is 83.6 cm³/mol. The number of nitrogen functional groups attached to an aromatic ring is 1. The number of hydrogen-bond donors (Lipinski definition) is 2. The highest BCUT2D eigenvalue weighted by atomic mass is 15.3. The van der Waals surface area contributed by atoms with Crippen molar-refractivity contribution in [1.82, 2.24) is 9.88 Å². The van der Waals surface area contributed by atoms with Crippen LogP contribution in [-0.2, 0) is 0 Å². The number of anilines is 1. The number of pyridine rings is 1. The number of nitrogens with one attached hydrogen (secondary N) is 1. The van der Waals surface area contributed by atoms with Crippen LogP contribution in [0.3, 0.4) is 0 Å². The summed E-state index contributed by atoms with van der Waals surface area (Å²) in [6, 6.07) is 2.53. The topological polar surface area (TPSA) is 69.2 Å². The van der Waals surface area contributed by atoms with Crippen LogP contribution in [0.5, 0.6) is 0 Å². The summed E-state index contributed by atoms with van der Waals surface area (Å²) in [7, 11) is 2.17. The Morgan fingerprint density at radius 1 is 1.45 bits per heavy atom. The van der Waals surface area contributed by atoms with Crippen molar-refractivity contribution in [1.29, 1.82) is 5.41 Å². The van der Waals surface area contributed by atoms with E-state index < -0.39 is 0 Å². The Hall–Kier alpha value is -1.62. The lowest BCUT2D eigenvalue weighted by Gasteiger charge is -2.40. The van der Waals surface area contributed by atoms with E-state index >= 15 is 0 Å². The van der Waals surface area contributed by atoms with Gasteiger partial charge < -0.3 is 10.6 Å². The van der Waals surface area contributed by atoms with E-state index in [1.54, 1.807) is 0 Å². The van der Waals surface area contributed by atoms with Crippen molar-refractivity contribution >= 4 is 11.7 Å². The third-order valence-electron chi connectivity index (χ3n) is 4.14. The minimum absolute atomic E-state index is 0.108. The normalized spacial score (nSPS) is 20.2. The van der Waals surface area contributed by atoms with Gasteiger partial charge in [0.25, 0.3) is 0 Å². The van der Waals surface area contributed by atoms with Crippen LogP contribution in [0.25, 0.3) is 0 Å². The maximum Gasteiger partial charge on any atom is 0.140 e. The van der Waals surface area contributed by atoms with E-state index in [1.165, 1.54) is 0 Å². The first-order valence-electron chi connectivity index (χ1n) is 7.21. The average Bonchev–Trinajstić information content (AvgIpc) is 2.37. The van der Waals surface area contributed by atoms with Crippen LogP contribution in [0.15, 0.2) is 6.07 Å². The molecule has 0 aromatic carbocycles. The van der Waals surface area contributed by atoms with Gasteiger partial charge in [0.15, 0.2) is 0 Å². The molecule has 110 valence electrons. The molecular weight excluding hydrogens is 250 g/mol. The molecule has 5 heteroatoms. The number of aromatic nitrogens is 1. The highest BCUT2D eigenvalue weighted by molar-refractivity contribution is 6.01. The summed E-state index contributed by atoms with van der Waals surface area (Å²) in [5, 5.41) is 7.84. The fourth-order valence-electron chi connectivity index (χ4n) is 2.96. The number of nitrogens with zero attached hydrogens (tertiary/aromatic N) is 3. The fraction of sp³-hybridized carbons (Fsp3) is 0.600. The summed E-state index contributed by atoms with van der Waals surface area (Å²) in [5.41, 5.74) is 8.58. The van der Waals surface area contributed by atoms with Gasteiger partial charge in [0.1, 0.15) is 11.7 Å². The second-order valence-corrected chi connectivity index (χ2v) is 5.68. The van der Waals surface area contributed by atoms with Crippen molar-refractivity contribution in [2.45, 2.75) is 33.2 Å². The van der Waals surface area contributed by atoms with Crippen LogP contribution in [0.4, 0.5) is 5.82 Å². The van der Waals surface area contributed by atoms with Gasteiger partial charge in [-0.3, -0.25) is 10.3 Å². The van der Waals surface area contributed by atoms with Gasteiger partial charge >= 0.3 is 0 Å². The Bertz CT molecular complexity index is 511. The molecule has 1 aromatic heterocycles. The molecule has 1 aliphatic heterocycles. The van der Waals surface area contributed by atoms with Gasteiger partial charge in [-0.1, -0.05) is 6.92 Å². The summed E-state index contributed by atoms with van der Waals surface area (Å²) >= 11 is 0. The van der Waals surface area contributed by atoms with Gasteiger partial charge in [-0.05, 0) is 38.9 Å². The Morgan fingerprint density at radius 3 is 2.75 bits per heavy atom. The molecule has 1 atom stereocenters. The second-order valence-electron chi connectivity index (χ2n) is 5.68. The molecule has 0 saturated carbocycles. The van der Waals surface area contributed by atoms with Gasteiger partial charge in [-0.25, -0.2) is 4.98 Å². The van der Waals surface area contributed by atoms with Crippen molar-refractivity contribution in [3.05, 3.63) is 22.9 Å². The summed E-state index contributed by atoms with van der Waals surface area (Å²) < 4.78 is 0. The molecule has 1 aliphatic rings. The van der Waals surface area contributed by atoms with Gasteiger partial charge in [-0.2, -0.15) is 0 Å². The van der Waals surface area contributed by atoms with Crippen LogP contribution in [0.1, 0.15) is 30.2 Å².